The number of rotatable bonds is 12. The third-order valence-corrected chi connectivity index (χ3v) is 17.6. The van der Waals surface area contributed by atoms with Gasteiger partial charge in [0.25, 0.3) is 60.7 Å². The molecule has 6 aromatic rings. The zero-order valence-electron chi connectivity index (χ0n) is 41.7. The first-order valence-corrected chi connectivity index (χ1v) is 30.8. The van der Waals surface area contributed by atoms with Crippen molar-refractivity contribution in [2.75, 3.05) is 42.7 Å². The largest absolute Gasteiger partial charge is 0.496 e. The van der Waals surface area contributed by atoms with Crippen molar-refractivity contribution in [1.82, 2.24) is 0 Å². The van der Waals surface area contributed by atoms with E-state index < -0.39 is 129 Å². The van der Waals surface area contributed by atoms with E-state index >= 15 is 0 Å². The minimum atomic E-state index is -5.15. The molecule has 1 aliphatic carbocycles. The van der Waals surface area contributed by atoms with E-state index in [4.69, 9.17) is 28.4 Å². The highest BCUT2D eigenvalue weighted by Gasteiger charge is 2.30. The van der Waals surface area contributed by atoms with Crippen molar-refractivity contribution in [2.45, 2.75) is 67.9 Å². The van der Waals surface area contributed by atoms with E-state index in [0.29, 0.717) is 0 Å². The Labute approximate surface area is 449 Å². The summed E-state index contributed by atoms with van der Waals surface area (Å²) in [6.45, 7) is 0. The highest BCUT2D eigenvalue weighted by Crippen LogP contribution is 2.43. The standard InChI is InChI=1S/C48H48O24S6/c1-67-43-25-7-27-15-38(74(52,53)54)17-29(44(27)68-2)9-31-19-40(76(58,59)60)21-33(46(31)70-4)11-35-23-42(78(64,65)66)24-36(48(35)72-6)12-34-22-41(77(61,62)63)20-32(47(34)71-5)10-30-18-39(75(55,56)57)16-28(45(30)69-3)8-26(43)14-37(13-25)73(49,50)51/h13-24H,7-12H2,1-6H3,(H,49,50,51)(H,52,53,54)(H,55,56,57)(H,58,59,60)(H,61,62,63)(H,64,65,66). The first-order valence-electron chi connectivity index (χ1n) is 22.2. The summed E-state index contributed by atoms with van der Waals surface area (Å²) in [7, 11) is -23.9. The average Bonchev–Trinajstić information content (AvgIpc) is 3.38. The molecular weight excluding hydrogens is 1150 g/mol. The van der Waals surface area contributed by atoms with Gasteiger partial charge in [-0.25, -0.2) is 0 Å². The summed E-state index contributed by atoms with van der Waals surface area (Å²) in [4.78, 5) is -4.62. The number of hydrogen-bond acceptors (Lipinski definition) is 18. The number of hydrogen-bond donors (Lipinski definition) is 6. The molecule has 24 nitrogen and oxygen atoms in total. The Bertz CT molecular complexity index is 3320. The lowest BCUT2D eigenvalue weighted by atomic mass is 9.91. The van der Waals surface area contributed by atoms with Gasteiger partial charge in [-0.2, -0.15) is 50.5 Å². The van der Waals surface area contributed by atoms with Gasteiger partial charge in [0.2, 0.25) is 0 Å². The monoisotopic (exact) mass is 1200 g/mol. The van der Waals surface area contributed by atoms with Gasteiger partial charge >= 0.3 is 0 Å². The molecule has 0 aliphatic heterocycles. The fraction of sp³-hybridized carbons (Fsp3) is 0.250. The van der Waals surface area contributed by atoms with Gasteiger partial charge in [0.1, 0.15) is 34.5 Å². The molecule has 0 atom stereocenters. The molecule has 7 rings (SSSR count). The predicted octanol–water partition coefficient (Wildman–Crippen LogP) is 5.08. The van der Waals surface area contributed by atoms with Crippen LogP contribution in [0.15, 0.2) is 102 Å². The van der Waals surface area contributed by atoms with Crippen LogP contribution in [0.25, 0.3) is 0 Å². The lowest BCUT2D eigenvalue weighted by Crippen LogP contribution is -2.11. The maximum atomic E-state index is 13.0. The summed E-state index contributed by atoms with van der Waals surface area (Å²) in [6, 6.07) is 11.6. The predicted molar refractivity (Wildman–Crippen MR) is 274 cm³/mol. The molecule has 420 valence electrons. The van der Waals surface area contributed by atoms with E-state index in [-0.39, 0.29) is 101 Å². The zero-order chi connectivity index (χ0) is 57.8. The van der Waals surface area contributed by atoms with Gasteiger partial charge in [0.15, 0.2) is 0 Å². The Morgan fingerprint density at radius 2 is 0.321 bits per heavy atom. The highest BCUT2D eigenvalue weighted by molar-refractivity contribution is 7.87. The van der Waals surface area contributed by atoms with E-state index in [9.17, 15) is 77.8 Å². The minimum absolute atomic E-state index is 0.119. The lowest BCUT2D eigenvalue weighted by molar-refractivity contribution is 0.395. The Kier molecular flexibility index (Phi) is 16.5. The molecule has 0 saturated carbocycles. The first-order chi connectivity index (χ1) is 36.1. The molecule has 1 aliphatic rings. The van der Waals surface area contributed by atoms with Crippen LogP contribution in [-0.4, -0.2) is 120 Å². The molecule has 0 unspecified atom stereocenters. The number of methoxy groups -OCH3 is 6. The van der Waals surface area contributed by atoms with Crippen LogP contribution in [-0.2, 0) is 99.2 Å². The maximum Gasteiger partial charge on any atom is 0.294 e. The van der Waals surface area contributed by atoms with E-state index in [1.54, 1.807) is 0 Å². The Hall–Kier alpha value is -6.42. The lowest BCUT2D eigenvalue weighted by Gasteiger charge is -2.22. The summed E-state index contributed by atoms with van der Waals surface area (Å²) in [5.41, 5.74) is -1.42. The molecule has 6 N–H and O–H groups in total. The summed E-state index contributed by atoms with van der Waals surface area (Å²) in [5.74, 6) is -0.952. The topological polar surface area (TPSA) is 382 Å². The van der Waals surface area contributed by atoms with E-state index in [2.05, 4.69) is 0 Å². The van der Waals surface area contributed by atoms with Crippen molar-refractivity contribution in [3.05, 3.63) is 140 Å². The second-order valence-electron chi connectivity index (χ2n) is 17.6. The van der Waals surface area contributed by atoms with Crippen LogP contribution in [0, 0.1) is 0 Å². The third kappa shape index (κ3) is 12.5. The quantitative estimate of drug-likeness (QED) is 0.0869. The number of fused-ring (bicyclic) bond motifs is 12. The average molecular weight is 1200 g/mol. The molecular formula is C48H48O24S6. The molecule has 78 heavy (non-hydrogen) atoms. The van der Waals surface area contributed by atoms with Crippen LogP contribution in [0.4, 0.5) is 0 Å². The summed E-state index contributed by atoms with van der Waals surface area (Å²) in [5, 5.41) is 0. The molecule has 0 amide bonds. The Morgan fingerprint density at radius 3 is 0.385 bits per heavy atom. The van der Waals surface area contributed by atoms with E-state index in [1.807, 2.05) is 0 Å². The van der Waals surface area contributed by atoms with Crippen molar-refractivity contribution >= 4 is 60.7 Å². The van der Waals surface area contributed by atoms with Crippen LogP contribution in [0.5, 0.6) is 34.5 Å². The fourth-order valence-corrected chi connectivity index (χ4v) is 13.1. The number of ether oxygens (including phenoxy) is 6. The SMILES string of the molecule is COc1c2cc(S(=O)(=O)O)cc1Cc1cc(S(=O)(=O)O)cc(c1OC)Cc1cc(S(=O)(=O)O)cc(c1OC)Cc1cc(S(=O)(=O)O)cc(c1OC)Cc1cc(S(=O)(=O)O)cc(c1OC)Cc1cc(S(=O)(=O)O)cc(c1OC)C2. The molecule has 0 spiro atoms. The fourth-order valence-electron chi connectivity index (χ4n) is 9.61. The highest BCUT2D eigenvalue weighted by atomic mass is 32.2. The normalized spacial score (nSPS) is 13.7. The maximum absolute atomic E-state index is 13.0. The van der Waals surface area contributed by atoms with Gasteiger partial charge in [-0.1, -0.05) is 0 Å². The minimum Gasteiger partial charge on any atom is -0.496 e. The summed E-state index contributed by atoms with van der Waals surface area (Å²) in [6.07, 6.45) is -3.34. The van der Waals surface area contributed by atoms with Gasteiger partial charge < -0.3 is 28.4 Å². The molecule has 0 saturated heterocycles. The smallest absolute Gasteiger partial charge is 0.294 e. The van der Waals surface area contributed by atoms with Gasteiger partial charge in [-0.15, -0.1) is 0 Å². The molecule has 30 heteroatoms. The third-order valence-electron chi connectivity index (χ3n) is 12.6. The molecule has 0 aromatic heterocycles. The van der Waals surface area contributed by atoms with Crippen molar-refractivity contribution in [3.8, 4) is 34.5 Å². The van der Waals surface area contributed by atoms with Gasteiger partial charge in [0, 0.05) is 105 Å². The molecule has 0 radical (unpaired) electrons. The summed E-state index contributed by atoms with van der Waals surface area (Å²) < 4.78 is 254. The van der Waals surface area contributed by atoms with Gasteiger partial charge in [0.05, 0.1) is 72.0 Å². The van der Waals surface area contributed by atoms with Crippen molar-refractivity contribution in [1.29, 1.82) is 0 Å². The van der Waals surface area contributed by atoms with Crippen molar-refractivity contribution < 1.29 is 106 Å². The second-order valence-corrected chi connectivity index (χ2v) is 26.1. The number of benzene rings is 6. The van der Waals surface area contributed by atoms with Crippen molar-refractivity contribution in [3.63, 3.8) is 0 Å². The van der Waals surface area contributed by atoms with E-state index in [1.165, 1.54) is 0 Å². The van der Waals surface area contributed by atoms with Crippen molar-refractivity contribution in [2.24, 2.45) is 0 Å². The molecule has 12 bridgehead atoms. The van der Waals surface area contributed by atoms with Crippen LogP contribution < -0.4 is 28.4 Å². The van der Waals surface area contributed by atoms with Crippen LogP contribution in [0.1, 0.15) is 66.8 Å². The van der Waals surface area contributed by atoms with Crippen LogP contribution in [0.2, 0.25) is 0 Å². The molecule has 0 fully saturated rings. The summed E-state index contributed by atoms with van der Waals surface area (Å²) >= 11 is 0. The van der Waals surface area contributed by atoms with Crippen LogP contribution >= 0.6 is 0 Å². The van der Waals surface area contributed by atoms with Gasteiger partial charge in [-0.3, -0.25) is 27.3 Å². The van der Waals surface area contributed by atoms with Gasteiger partial charge in [-0.05, 0) is 72.8 Å². The Balaban J connectivity index is 1.68. The Morgan fingerprint density at radius 1 is 0.231 bits per heavy atom. The zero-order valence-corrected chi connectivity index (χ0v) is 46.6. The second kappa shape index (κ2) is 21.7. The van der Waals surface area contributed by atoms with E-state index in [0.717, 1.165) is 115 Å². The molecule has 0 heterocycles. The molecule has 6 aromatic carbocycles. The first kappa shape index (κ1) is 59.2. The van der Waals surface area contributed by atoms with Crippen LogP contribution in [0.3, 0.4) is 0 Å².